The first kappa shape index (κ1) is 52.4. The molecule has 0 aliphatic carbocycles. The highest BCUT2D eigenvalue weighted by Gasteiger charge is 2.46. The summed E-state index contributed by atoms with van der Waals surface area (Å²) in [5.41, 5.74) is 21.7. The molecule has 0 saturated carbocycles. The maximum absolute atomic E-state index is 9.80. The number of rotatable bonds is 6. The van der Waals surface area contributed by atoms with Gasteiger partial charge in [0, 0.05) is 82.9 Å². The van der Waals surface area contributed by atoms with Gasteiger partial charge < -0.3 is 23.3 Å². The second-order valence-electron chi connectivity index (χ2n) is 30.2. The molecule has 4 aromatic heterocycles. The molecule has 104 heavy (non-hydrogen) atoms. The number of para-hydroxylation sites is 4. The van der Waals surface area contributed by atoms with E-state index in [1.807, 2.05) is 12.1 Å². The van der Waals surface area contributed by atoms with Crippen molar-refractivity contribution in [1.82, 2.24) is 13.5 Å². The van der Waals surface area contributed by atoms with Gasteiger partial charge in [-0.3, -0.25) is 0 Å². The fraction of sp³-hybridized carbons (Fsp3) is 0.0816. The van der Waals surface area contributed by atoms with Crippen molar-refractivity contribution in [3.8, 4) is 33.6 Å². The van der Waals surface area contributed by atoms with Crippen LogP contribution < -0.4 is 26.2 Å². The quantitative estimate of drug-likeness (QED) is 0.155. The molecule has 5 nitrogen and oxygen atoms in total. The Morgan fingerprint density at radius 2 is 0.712 bits per heavy atom. The first-order chi connectivity index (χ1) is 54.2. The lowest BCUT2D eigenvalue weighted by atomic mass is 9.33. The van der Waals surface area contributed by atoms with Crippen LogP contribution in [-0.4, -0.2) is 20.2 Å². The van der Waals surface area contributed by atoms with Gasteiger partial charge in [0.25, 0.3) is 6.71 Å². The molecule has 0 spiro atoms. The Labute approximate surface area is 615 Å². The van der Waals surface area contributed by atoms with Gasteiger partial charge in [-0.2, -0.15) is 0 Å². The van der Waals surface area contributed by atoms with Crippen molar-refractivity contribution < 1.29 is 11.0 Å². The van der Waals surface area contributed by atoms with Gasteiger partial charge in [-0.05, 0) is 179 Å². The number of fused-ring (bicyclic) bond motifs is 21. The summed E-state index contributed by atoms with van der Waals surface area (Å²) in [4.78, 5) is 4.92. The van der Waals surface area contributed by atoms with Crippen LogP contribution >= 0.6 is 0 Å². The molecule has 6 heterocycles. The third-order valence-corrected chi connectivity index (χ3v) is 22.3. The van der Waals surface area contributed by atoms with Crippen LogP contribution in [0.25, 0.3) is 137 Å². The highest BCUT2D eigenvalue weighted by molar-refractivity contribution is 7.00. The SMILES string of the molecule is [2H]c1c([2H])c([2H])c2c(c1[2H])c1c([2H])c([2H])c([2H])c([2H])c1n2-c1ccc2c(c1)N(c1ccc(-c3ccccc3)cc1)c1cc3c(c4c1B2c1ccc(-n2c5ccc(C(C)(C)C)cc5c5cc(C(C)(C)C)ccc52)cc1N4c1ccc(-c2ccccc2)cc1)c1cccc2c4ccccc4c4ccccc4c4ccccc4n3c21. The van der Waals surface area contributed by atoms with E-state index in [4.69, 9.17) is 2.74 Å². The molecule has 2 aliphatic heterocycles. The summed E-state index contributed by atoms with van der Waals surface area (Å²) < 4.78 is 81.9. The van der Waals surface area contributed by atoms with Crippen molar-refractivity contribution in [3.63, 3.8) is 0 Å². The zero-order valence-corrected chi connectivity index (χ0v) is 58.4. The van der Waals surface area contributed by atoms with Crippen LogP contribution in [0, 0.1) is 0 Å². The molecule has 15 aromatic carbocycles. The Balaban J connectivity index is 0.963. The van der Waals surface area contributed by atoms with Gasteiger partial charge in [0.05, 0.1) is 55.3 Å². The normalized spacial score (nSPS) is 14.1. The smallest absolute Gasteiger partial charge is 0.252 e. The van der Waals surface area contributed by atoms with E-state index < -0.39 is 43.0 Å². The monoisotopic (exact) mass is 1340 g/mol. The largest absolute Gasteiger partial charge is 0.311 e. The van der Waals surface area contributed by atoms with Crippen molar-refractivity contribution in [2.45, 2.75) is 52.4 Å². The maximum Gasteiger partial charge on any atom is 0.252 e. The van der Waals surface area contributed by atoms with Gasteiger partial charge in [-0.1, -0.05) is 272 Å². The molecule has 0 amide bonds. The molecule has 0 atom stereocenters. The summed E-state index contributed by atoms with van der Waals surface area (Å²) in [5, 5.41) is 11.1. The molecule has 0 fully saturated rings. The van der Waals surface area contributed by atoms with Crippen molar-refractivity contribution in [2.24, 2.45) is 0 Å². The van der Waals surface area contributed by atoms with Crippen LogP contribution in [0.15, 0.2) is 327 Å². The van der Waals surface area contributed by atoms with Crippen LogP contribution in [0.4, 0.5) is 34.1 Å². The Morgan fingerprint density at radius 3 is 1.25 bits per heavy atom. The van der Waals surface area contributed by atoms with Crippen molar-refractivity contribution in [1.29, 1.82) is 0 Å². The third kappa shape index (κ3) is 8.88. The van der Waals surface area contributed by atoms with Crippen LogP contribution in [-0.2, 0) is 10.8 Å². The molecule has 6 heteroatoms. The van der Waals surface area contributed by atoms with Gasteiger partial charge in [-0.25, -0.2) is 0 Å². The van der Waals surface area contributed by atoms with Crippen molar-refractivity contribution >= 4 is 160 Å². The molecule has 0 N–H and O–H groups in total. The number of benzene rings is 15. The number of aromatic nitrogens is 3. The lowest BCUT2D eigenvalue weighted by Gasteiger charge is -2.44. The zero-order valence-electron chi connectivity index (χ0n) is 66.4. The molecular weight excluding hydrogens is 1260 g/mol. The molecule has 0 unspecified atom stereocenters. The average Bonchev–Trinajstić information content (AvgIpc) is 1.18. The predicted octanol–water partition coefficient (Wildman–Crippen LogP) is 24.5. The van der Waals surface area contributed by atoms with Crippen molar-refractivity contribution in [3.05, 3.63) is 339 Å². The summed E-state index contributed by atoms with van der Waals surface area (Å²) in [5.74, 6) is 0. The Morgan fingerprint density at radius 1 is 0.288 bits per heavy atom. The summed E-state index contributed by atoms with van der Waals surface area (Å²) in [6.45, 7) is 13.2. The van der Waals surface area contributed by atoms with E-state index in [1.54, 1.807) is 4.57 Å². The molecule has 19 aromatic rings. The first-order valence-electron chi connectivity index (χ1n) is 39.9. The van der Waals surface area contributed by atoms with E-state index in [1.165, 1.54) is 21.9 Å². The van der Waals surface area contributed by atoms with Crippen molar-refractivity contribution in [2.75, 3.05) is 9.80 Å². The lowest BCUT2D eigenvalue weighted by molar-refractivity contribution is 0.590. The number of hydrogen-bond acceptors (Lipinski definition) is 2. The van der Waals surface area contributed by atoms with E-state index in [2.05, 4.69) is 327 Å². The fourth-order valence-corrected chi connectivity index (χ4v) is 17.5. The van der Waals surface area contributed by atoms with Crippen LogP contribution in [0.1, 0.15) is 63.6 Å². The van der Waals surface area contributed by atoms with Gasteiger partial charge in [0.2, 0.25) is 0 Å². The highest BCUT2D eigenvalue weighted by atomic mass is 15.2. The lowest BCUT2D eigenvalue weighted by Crippen LogP contribution is -2.61. The predicted molar refractivity (Wildman–Crippen MR) is 445 cm³/mol. The zero-order chi connectivity index (χ0) is 76.4. The molecule has 0 bridgehead atoms. The van der Waals surface area contributed by atoms with Crippen LogP contribution in [0.2, 0.25) is 0 Å². The summed E-state index contributed by atoms with van der Waals surface area (Å²) in [6.07, 6.45) is 0. The van der Waals surface area contributed by atoms with Gasteiger partial charge in [0.1, 0.15) is 0 Å². The summed E-state index contributed by atoms with van der Waals surface area (Å²) >= 11 is 0. The Kier molecular flexibility index (Phi) is 11.3. The number of nitrogens with zero attached hydrogens (tertiary/aromatic N) is 5. The number of hydrogen-bond donors (Lipinski definition) is 0. The molecule has 0 saturated heterocycles. The minimum atomic E-state index is -0.503. The second kappa shape index (κ2) is 22.4. The fourth-order valence-electron chi connectivity index (χ4n) is 17.5. The van der Waals surface area contributed by atoms with E-state index >= 15 is 0 Å². The standard InChI is InChI=1S/C98H72BN5/c1-97(2,3)65-44-54-87-80(56-65)81-57-66(98(4,5)6)45-55-88(81)102(87)70-51-53-83-90(59-70)103(68-48-42-64(43-49-68)62-26-11-8-12-27-62)96-93-79-36-23-35-78-74-31-16-14-29-72(74)71-28-13-15-30-73(71)75-32-17-22-39-86(75)104(95(78)79)91(93)60-92-94(96)99(83)82-52-50-69(101-84-37-20-18-33-76(84)77-34-19-21-38-85(77)101)58-89(82)100(92)67-46-40-63(41-47-67)61-24-9-7-10-25-61/h7-60H,1-6H3/i18D,19D,20D,21D,33D,34D,37D,38D. The van der Waals surface area contributed by atoms with E-state index in [9.17, 15) is 8.22 Å². The summed E-state index contributed by atoms with van der Waals surface area (Å²) in [6, 6.07) is 98.3. The Bertz CT molecular complexity index is 7230. The minimum Gasteiger partial charge on any atom is -0.311 e. The van der Waals surface area contributed by atoms with E-state index in [-0.39, 0.29) is 44.7 Å². The third-order valence-electron chi connectivity index (χ3n) is 22.3. The number of anilines is 6. The highest BCUT2D eigenvalue weighted by Crippen LogP contribution is 2.53. The van der Waals surface area contributed by atoms with Crippen LogP contribution in [0.3, 0.4) is 0 Å². The molecule has 2 aliphatic rings. The molecule has 0 radical (unpaired) electrons. The summed E-state index contributed by atoms with van der Waals surface area (Å²) in [7, 11) is 0. The van der Waals surface area contributed by atoms with E-state index in [0.29, 0.717) is 5.69 Å². The maximum atomic E-state index is 9.80. The molecule has 492 valence electrons. The molecule has 21 rings (SSSR count). The van der Waals surface area contributed by atoms with Gasteiger partial charge in [0.15, 0.2) is 0 Å². The topological polar surface area (TPSA) is 20.8 Å². The van der Waals surface area contributed by atoms with Gasteiger partial charge >= 0.3 is 0 Å². The first-order valence-corrected chi connectivity index (χ1v) is 35.9. The second-order valence-corrected chi connectivity index (χ2v) is 30.2. The van der Waals surface area contributed by atoms with Crippen LogP contribution in [0.5, 0.6) is 0 Å². The average molecular weight is 1340 g/mol. The minimum absolute atomic E-state index is 0.0135. The molecular formula is C98H72BN5. The Hall–Kier alpha value is -12.6. The van der Waals surface area contributed by atoms with Gasteiger partial charge in [-0.15, -0.1) is 0 Å². The van der Waals surface area contributed by atoms with E-state index in [0.717, 1.165) is 149 Å².